The lowest BCUT2D eigenvalue weighted by Crippen LogP contribution is -2.33. The van der Waals surface area contributed by atoms with Crippen molar-refractivity contribution >= 4 is 27.2 Å². The summed E-state index contributed by atoms with van der Waals surface area (Å²) in [6.45, 7) is 5.46. The summed E-state index contributed by atoms with van der Waals surface area (Å²) in [5, 5.41) is 18.4. The molecule has 3 rings (SSSR count). The van der Waals surface area contributed by atoms with Gasteiger partial charge in [0.15, 0.2) is 15.5 Å². The first-order valence-electron chi connectivity index (χ1n) is 15.7. The summed E-state index contributed by atoms with van der Waals surface area (Å²) in [6.07, 6.45) is 21.7. The van der Waals surface area contributed by atoms with E-state index in [1.54, 1.807) is 13.8 Å². The molecular weight excluding hydrogens is 587 g/mol. The minimum Gasteiger partial charge on any atom is -0.291 e. The molecule has 3 heterocycles. The molecule has 238 valence electrons. The molecule has 0 bridgehead atoms. The monoisotopic (exact) mass is 633 g/mol. The van der Waals surface area contributed by atoms with Gasteiger partial charge in [0.2, 0.25) is 5.16 Å². The highest BCUT2D eigenvalue weighted by Crippen LogP contribution is 2.39. The summed E-state index contributed by atoms with van der Waals surface area (Å²) in [6, 6.07) is 1.17. The third-order valence-corrected chi connectivity index (χ3v) is 11.4. The molecule has 3 aromatic rings. The van der Waals surface area contributed by atoms with Gasteiger partial charge in [-0.15, -0.1) is 10.2 Å². The fourth-order valence-electron chi connectivity index (χ4n) is 5.09. The van der Waals surface area contributed by atoms with Gasteiger partial charge in [0.25, 0.3) is 11.1 Å². The lowest BCUT2D eigenvalue weighted by molar-refractivity contribution is 0.526. The smallest absolute Gasteiger partial charge is 0.291 e. The van der Waals surface area contributed by atoms with Crippen LogP contribution in [0, 0.1) is 0 Å². The molecule has 0 saturated heterocycles. The average Bonchev–Trinajstić information content (AvgIpc) is 3.22. The van der Waals surface area contributed by atoms with Gasteiger partial charge in [-0.25, -0.2) is 8.42 Å². The fraction of sp³-hybridized carbons (Fsp3) is 0.700. The Balaban J connectivity index is 1.49. The normalized spacial score (nSPS) is 12.3. The van der Waals surface area contributed by atoms with Crippen molar-refractivity contribution < 1.29 is 8.42 Å². The highest BCUT2D eigenvalue weighted by atomic mass is 32.2. The van der Waals surface area contributed by atoms with Gasteiger partial charge < -0.3 is 0 Å². The maximum absolute atomic E-state index is 13.6. The van der Waals surface area contributed by atoms with E-state index in [2.05, 4.69) is 37.4 Å². The van der Waals surface area contributed by atoms with E-state index in [9.17, 15) is 18.0 Å². The third-order valence-electron chi connectivity index (χ3n) is 7.88. The van der Waals surface area contributed by atoms with Crippen LogP contribution in [0.3, 0.4) is 0 Å². The molecule has 0 saturated carbocycles. The largest absolute Gasteiger partial charge is 0.291 e. The summed E-state index contributed by atoms with van der Waals surface area (Å²) in [5.41, 5.74) is -0.659. The van der Waals surface area contributed by atoms with E-state index in [0.717, 1.165) is 41.7 Å². The summed E-state index contributed by atoms with van der Waals surface area (Å²) in [4.78, 5) is 28.6. The molecule has 0 fully saturated rings. The van der Waals surface area contributed by atoms with Crippen molar-refractivity contribution in [1.82, 2.24) is 35.0 Å². The summed E-state index contributed by atoms with van der Waals surface area (Å²) in [5.74, 6) is 0.0154. The molecule has 3 aromatic heterocycles. The number of aromatic nitrogens is 7. The van der Waals surface area contributed by atoms with Crippen LogP contribution < -0.4 is 11.1 Å². The fourth-order valence-corrected chi connectivity index (χ4v) is 7.74. The van der Waals surface area contributed by atoms with Gasteiger partial charge >= 0.3 is 0 Å². The Morgan fingerprint density at radius 1 is 0.814 bits per heavy atom. The van der Waals surface area contributed by atoms with Gasteiger partial charge in [-0.2, -0.15) is 19.7 Å². The zero-order chi connectivity index (χ0) is 31.1. The number of hydrogen-bond acceptors (Lipinski definition) is 10. The molecular formula is C30H47N7O4S2. The Bertz CT molecular complexity index is 1510. The topological polar surface area (TPSA) is 153 Å². The van der Waals surface area contributed by atoms with E-state index in [-0.39, 0.29) is 22.3 Å². The Labute approximate surface area is 259 Å². The third kappa shape index (κ3) is 10.5. The van der Waals surface area contributed by atoms with Crippen molar-refractivity contribution in [3.8, 4) is 0 Å². The van der Waals surface area contributed by atoms with Crippen molar-refractivity contribution in [2.45, 2.75) is 138 Å². The Morgan fingerprint density at radius 2 is 1.37 bits per heavy atom. The van der Waals surface area contributed by atoms with E-state index in [4.69, 9.17) is 0 Å². The predicted octanol–water partition coefficient (Wildman–Crippen LogP) is 6.03. The van der Waals surface area contributed by atoms with Gasteiger partial charge in [0.1, 0.15) is 10.9 Å². The van der Waals surface area contributed by atoms with Crippen LogP contribution >= 0.6 is 11.8 Å². The summed E-state index contributed by atoms with van der Waals surface area (Å²) in [7, 11) is -3.66. The first-order valence-corrected chi connectivity index (χ1v) is 18.2. The van der Waals surface area contributed by atoms with Crippen LogP contribution in [0.4, 0.5) is 0 Å². The van der Waals surface area contributed by atoms with E-state index >= 15 is 0 Å². The van der Waals surface area contributed by atoms with Crippen LogP contribution in [0.25, 0.3) is 5.65 Å². The molecule has 0 aliphatic heterocycles. The number of nitrogens with zero attached hydrogens (tertiary/aromatic N) is 6. The first kappa shape index (κ1) is 34.8. The summed E-state index contributed by atoms with van der Waals surface area (Å²) < 4.78 is 27.0. The molecule has 0 unspecified atom stereocenters. The minimum atomic E-state index is -3.66. The molecule has 0 spiro atoms. The van der Waals surface area contributed by atoms with E-state index in [0.29, 0.717) is 11.3 Å². The average molecular weight is 634 g/mol. The lowest BCUT2D eigenvalue weighted by atomic mass is 10.0. The van der Waals surface area contributed by atoms with Crippen LogP contribution in [0.5, 0.6) is 0 Å². The second-order valence-corrected chi connectivity index (χ2v) is 15.3. The van der Waals surface area contributed by atoms with Gasteiger partial charge in [0.05, 0.1) is 22.5 Å². The van der Waals surface area contributed by atoms with E-state index in [1.807, 2.05) is 0 Å². The van der Waals surface area contributed by atoms with Gasteiger partial charge in [0, 0.05) is 6.07 Å². The zero-order valence-electron chi connectivity index (χ0n) is 25.9. The predicted molar refractivity (Wildman–Crippen MR) is 170 cm³/mol. The molecule has 13 heteroatoms. The Kier molecular flexibility index (Phi) is 14.2. The first-order chi connectivity index (χ1) is 20.7. The van der Waals surface area contributed by atoms with E-state index < -0.39 is 25.7 Å². The van der Waals surface area contributed by atoms with Crippen LogP contribution in [0.15, 0.2) is 38.1 Å². The molecule has 0 aliphatic rings. The number of hydrogen-bond donors (Lipinski definition) is 1. The maximum Gasteiger partial charge on any atom is 0.291 e. The van der Waals surface area contributed by atoms with Gasteiger partial charge in [-0.05, 0) is 32.0 Å². The minimum absolute atomic E-state index is 0.00172. The molecule has 0 aromatic carbocycles. The highest BCUT2D eigenvalue weighted by Gasteiger charge is 2.40. The van der Waals surface area contributed by atoms with Crippen molar-refractivity contribution in [2.24, 2.45) is 0 Å². The van der Waals surface area contributed by atoms with E-state index in [1.165, 1.54) is 89.3 Å². The number of H-pyrrole nitrogens is 1. The van der Waals surface area contributed by atoms with Gasteiger partial charge in [-0.3, -0.25) is 14.7 Å². The number of rotatable bonds is 21. The quantitative estimate of drug-likeness (QED) is 0.138. The van der Waals surface area contributed by atoms with Crippen molar-refractivity contribution in [3.05, 3.63) is 44.9 Å². The molecule has 0 amide bonds. The molecule has 11 nitrogen and oxygen atoms in total. The number of sulfone groups is 1. The second kappa shape index (κ2) is 17.6. The van der Waals surface area contributed by atoms with Crippen molar-refractivity contribution in [2.75, 3.05) is 5.75 Å². The SMILES string of the molecule is CCCCCCCCCCCCCCCCCCS(=O)(=O)C(C)(C)c1[nH]n2c(=O)cnnc2c1Sc1nnccc(=O)n1. The maximum atomic E-state index is 13.6. The van der Waals surface area contributed by atoms with Gasteiger partial charge in [-0.1, -0.05) is 103 Å². The molecule has 1 N–H and O–H groups in total. The van der Waals surface area contributed by atoms with Crippen LogP contribution in [0.2, 0.25) is 0 Å². The number of nitrogens with one attached hydrogen (secondary N) is 1. The van der Waals surface area contributed by atoms with Crippen molar-refractivity contribution in [1.29, 1.82) is 0 Å². The zero-order valence-corrected chi connectivity index (χ0v) is 27.5. The summed E-state index contributed by atoms with van der Waals surface area (Å²) >= 11 is 0.917. The molecule has 43 heavy (non-hydrogen) atoms. The van der Waals surface area contributed by atoms with Crippen LogP contribution in [-0.2, 0) is 14.6 Å². The molecule has 0 radical (unpaired) electrons. The second-order valence-electron chi connectivity index (χ2n) is 11.7. The standard InChI is InChI=1S/C30H47N7O4S2/c1-4-5-6-7-8-9-10-11-12-13-14-15-16-17-18-19-22-43(40,41)30(2,3)27-26(28-34-32-23-25(39)37(28)36-27)42-29-33-24(38)20-21-31-35-29/h20-21,23,36H,4-19,22H2,1-3H3. The lowest BCUT2D eigenvalue weighted by Gasteiger charge is -2.24. The Hall–Kier alpha value is -2.67. The number of aromatic amines is 1. The molecule has 0 aliphatic carbocycles. The molecule has 0 atom stereocenters. The number of unbranched alkanes of at least 4 members (excludes halogenated alkanes) is 15. The van der Waals surface area contributed by atoms with Crippen LogP contribution in [0.1, 0.15) is 129 Å². The number of fused-ring (bicyclic) bond motifs is 1. The highest BCUT2D eigenvalue weighted by molar-refractivity contribution is 7.99. The van der Waals surface area contributed by atoms with Crippen molar-refractivity contribution in [3.63, 3.8) is 0 Å². The van der Waals surface area contributed by atoms with Crippen LogP contribution in [-0.4, -0.2) is 49.2 Å². The Morgan fingerprint density at radius 3 is 1.95 bits per heavy atom.